The number of ether oxygens (including phenoxy) is 2. The topological polar surface area (TPSA) is 86.8 Å². The van der Waals surface area contributed by atoms with E-state index in [9.17, 15) is 4.79 Å². The number of aromatic nitrogens is 1. The summed E-state index contributed by atoms with van der Waals surface area (Å²) >= 11 is 5.81. The Labute approximate surface area is 177 Å². The van der Waals surface area contributed by atoms with Crippen molar-refractivity contribution >= 4 is 23.4 Å². The number of rotatable bonds is 3. The average Bonchev–Trinajstić information content (AvgIpc) is 2.65. The number of ketones is 1. The second-order valence-corrected chi connectivity index (χ2v) is 8.57. The fraction of sp³-hybridized carbons (Fsp3) is 0.381. The van der Waals surface area contributed by atoms with Crippen molar-refractivity contribution in [3.8, 4) is 5.75 Å². The summed E-state index contributed by atoms with van der Waals surface area (Å²) in [5, 5.41) is 0.416. The highest BCUT2D eigenvalue weighted by molar-refractivity contribution is 6.30. The number of halogens is 3. The Hall–Kier alpha value is -2.74. The van der Waals surface area contributed by atoms with Crippen LogP contribution in [0.2, 0.25) is 5.02 Å². The van der Waals surface area contributed by atoms with Gasteiger partial charge in [0, 0.05) is 24.6 Å². The quantitative estimate of drug-likeness (QED) is 0.739. The summed E-state index contributed by atoms with van der Waals surface area (Å²) in [5.41, 5.74) is 3.82. The van der Waals surface area contributed by atoms with Crippen LogP contribution in [-0.2, 0) is 16.7 Å². The van der Waals surface area contributed by atoms with Crippen molar-refractivity contribution in [2.45, 2.75) is 43.8 Å². The van der Waals surface area contributed by atoms with E-state index in [2.05, 4.69) is 9.98 Å². The van der Waals surface area contributed by atoms with Crippen LogP contribution in [0.25, 0.3) is 0 Å². The van der Waals surface area contributed by atoms with Crippen LogP contribution in [0.15, 0.2) is 41.5 Å². The van der Waals surface area contributed by atoms with Gasteiger partial charge in [0.1, 0.15) is 17.0 Å². The fourth-order valence-corrected chi connectivity index (χ4v) is 4.09. The summed E-state index contributed by atoms with van der Waals surface area (Å²) in [6.45, 7) is 2.56. The molecule has 1 aromatic carbocycles. The van der Waals surface area contributed by atoms with Crippen molar-refractivity contribution in [1.82, 2.24) is 4.98 Å². The molecule has 6 nitrogen and oxygen atoms in total. The zero-order valence-electron chi connectivity index (χ0n) is 16.4. The van der Waals surface area contributed by atoms with Crippen LogP contribution in [0.1, 0.15) is 41.9 Å². The molecule has 0 aliphatic carbocycles. The largest absolute Gasteiger partial charge is 0.487 e. The van der Waals surface area contributed by atoms with E-state index >= 15 is 8.78 Å². The van der Waals surface area contributed by atoms with Crippen LogP contribution < -0.4 is 10.5 Å². The molecule has 30 heavy (non-hydrogen) atoms. The van der Waals surface area contributed by atoms with Crippen LogP contribution in [0.4, 0.5) is 8.78 Å². The van der Waals surface area contributed by atoms with Gasteiger partial charge < -0.3 is 15.2 Å². The maximum Gasteiger partial charge on any atom is 0.310 e. The van der Waals surface area contributed by atoms with Crippen LogP contribution in [0.5, 0.6) is 5.75 Å². The van der Waals surface area contributed by atoms with Gasteiger partial charge in [-0.25, -0.2) is 4.99 Å². The monoisotopic (exact) mass is 435 g/mol. The molecule has 9 heteroatoms. The number of fused-ring (bicyclic) bond motifs is 2. The number of alkyl halides is 2. The standard InChI is InChI=1S/C21H20ClF2N3O3/c1-19(2)10-20(21(23,24)11-29-18(25)27-20)14-7-12(3-6-17(14)30-19)8-16(28)15-5-4-13(22)9-26-15/h3-7,9H,8,10-11H2,1-2H3,(H2,25,27)/t20-/m1/s1. The molecule has 1 aromatic heterocycles. The summed E-state index contributed by atoms with van der Waals surface area (Å²) in [5.74, 6) is -3.30. The molecule has 0 saturated carbocycles. The highest BCUT2D eigenvalue weighted by Gasteiger charge is 2.63. The zero-order valence-corrected chi connectivity index (χ0v) is 17.2. The molecule has 0 saturated heterocycles. The first-order chi connectivity index (χ1) is 14.0. The van der Waals surface area contributed by atoms with E-state index in [1.165, 1.54) is 18.3 Å². The molecule has 3 heterocycles. The molecule has 2 aliphatic heterocycles. The minimum Gasteiger partial charge on any atom is -0.487 e. The number of carbonyl (C=O) groups excluding carboxylic acids is 1. The number of aliphatic imine (C=N–C) groups is 1. The van der Waals surface area contributed by atoms with Crippen LogP contribution >= 0.6 is 11.6 Å². The van der Waals surface area contributed by atoms with Gasteiger partial charge in [-0.2, -0.15) is 8.78 Å². The Morgan fingerprint density at radius 3 is 2.73 bits per heavy atom. The lowest BCUT2D eigenvalue weighted by Gasteiger charge is -2.48. The normalized spacial score (nSPS) is 23.7. The van der Waals surface area contributed by atoms with Crippen molar-refractivity contribution in [1.29, 1.82) is 0 Å². The van der Waals surface area contributed by atoms with Crippen LogP contribution in [0, 0.1) is 0 Å². The first-order valence-corrected chi connectivity index (χ1v) is 9.72. The lowest BCUT2D eigenvalue weighted by atomic mass is 9.73. The molecular weight excluding hydrogens is 416 g/mol. The molecule has 2 aliphatic rings. The summed E-state index contributed by atoms with van der Waals surface area (Å²) in [6.07, 6.45) is 1.26. The fourth-order valence-electron chi connectivity index (χ4n) is 3.97. The number of Topliss-reactive ketones (excluding diaryl/α,β-unsaturated/α-hetero) is 1. The van der Waals surface area contributed by atoms with E-state index in [-0.39, 0.29) is 41.7 Å². The minimum atomic E-state index is -3.31. The average molecular weight is 436 g/mol. The van der Waals surface area contributed by atoms with Crippen LogP contribution in [0.3, 0.4) is 0 Å². The van der Waals surface area contributed by atoms with Gasteiger partial charge in [0.2, 0.25) is 0 Å². The molecule has 2 aromatic rings. The van der Waals surface area contributed by atoms with E-state index < -0.39 is 23.7 Å². The molecule has 1 atom stereocenters. The van der Waals surface area contributed by atoms with E-state index in [0.717, 1.165) is 0 Å². The molecule has 0 bridgehead atoms. The summed E-state index contributed by atoms with van der Waals surface area (Å²) in [4.78, 5) is 20.7. The number of pyridine rings is 1. The van der Waals surface area contributed by atoms with Gasteiger partial charge >= 0.3 is 5.92 Å². The second-order valence-electron chi connectivity index (χ2n) is 8.13. The maximum absolute atomic E-state index is 15.2. The Morgan fingerprint density at radius 1 is 1.27 bits per heavy atom. The van der Waals surface area contributed by atoms with Gasteiger partial charge in [-0.1, -0.05) is 17.7 Å². The molecule has 0 radical (unpaired) electrons. The summed E-state index contributed by atoms with van der Waals surface area (Å²) in [7, 11) is 0. The molecule has 0 unspecified atom stereocenters. The Kier molecular flexibility index (Phi) is 4.73. The van der Waals surface area contributed by atoms with Gasteiger partial charge in [-0.15, -0.1) is 0 Å². The molecule has 4 rings (SSSR count). The number of benzene rings is 1. The highest BCUT2D eigenvalue weighted by Crippen LogP contribution is 2.55. The number of carbonyl (C=O) groups is 1. The van der Waals surface area contributed by atoms with E-state index in [4.69, 9.17) is 26.8 Å². The molecular formula is C21H20ClF2N3O3. The molecule has 1 spiro atoms. The molecule has 2 N–H and O–H groups in total. The predicted octanol–water partition coefficient (Wildman–Crippen LogP) is 3.90. The van der Waals surface area contributed by atoms with Crippen molar-refractivity contribution in [3.05, 3.63) is 58.4 Å². The highest BCUT2D eigenvalue weighted by atomic mass is 35.5. The van der Waals surface area contributed by atoms with Gasteiger partial charge in [0.25, 0.3) is 6.02 Å². The van der Waals surface area contributed by atoms with Crippen molar-refractivity contribution in [3.63, 3.8) is 0 Å². The van der Waals surface area contributed by atoms with E-state index in [0.29, 0.717) is 10.6 Å². The SMILES string of the molecule is CC1(C)C[C@@]2(N=C(N)OCC2(F)F)c2cc(CC(=O)c3ccc(Cl)cn3)ccc2O1. The number of nitrogens with two attached hydrogens (primary N) is 1. The van der Waals surface area contributed by atoms with Gasteiger partial charge in [-0.05, 0) is 43.7 Å². The van der Waals surface area contributed by atoms with E-state index in [1.807, 2.05) is 0 Å². The minimum absolute atomic E-state index is 0.0251. The van der Waals surface area contributed by atoms with Crippen molar-refractivity contribution < 1.29 is 23.0 Å². The van der Waals surface area contributed by atoms with Gasteiger partial charge in [0.15, 0.2) is 17.9 Å². The first-order valence-electron chi connectivity index (χ1n) is 9.34. The lowest BCUT2D eigenvalue weighted by molar-refractivity contribution is -0.148. The van der Waals surface area contributed by atoms with Crippen molar-refractivity contribution in [2.24, 2.45) is 10.7 Å². The molecule has 0 fully saturated rings. The maximum atomic E-state index is 15.2. The first kappa shape index (κ1) is 20.5. The predicted molar refractivity (Wildman–Crippen MR) is 107 cm³/mol. The number of nitrogens with zero attached hydrogens (tertiary/aromatic N) is 2. The molecule has 0 amide bonds. The summed E-state index contributed by atoms with van der Waals surface area (Å²) in [6, 6.07) is 7.60. The van der Waals surface area contributed by atoms with Crippen molar-refractivity contribution in [2.75, 3.05) is 6.61 Å². The Bertz CT molecular complexity index is 1040. The summed E-state index contributed by atoms with van der Waals surface area (Å²) < 4.78 is 41.2. The number of hydrogen-bond donors (Lipinski definition) is 1. The van der Waals surface area contributed by atoms with Gasteiger partial charge in [-0.3, -0.25) is 9.78 Å². The van der Waals surface area contributed by atoms with Gasteiger partial charge in [0.05, 0.1) is 5.02 Å². The Morgan fingerprint density at radius 2 is 2.03 bits per heavy atom. The number of hydrogen-bond acceptors (Lipinski definition) is 6. The zero-order chi connectivity index (χ0) is 21.7. The lowest BCUT2D eigenvalue weighted by Crippen LogP contribution is -2.58. The smallest absolute Gasteiger partial charge is 0.310 e. The number of amidine groups is 1. The van der Waals surface area contributed by atoms with Crippen LogP contribution in [-0.4, -0.2) is 34.9 Å². The third-order valence-corrected chi connectivity index (χ3v) is 5.47. The van der Waals surface area contributed by atoms with E-state index in [1.54, 1.807) is 32.0 Å². The second kappa shape index (κ2) is 6.91. The third-order valence-electron chi connectivity index (χ3n) is 5.24. The Balaban J connectivity index is 1.77. The third kappa shape index (κ3) is 3.49. The molecule has 158 valence electrons.